The van der Waals surface area contributed by atoms with Gasteiger partial charge in [0.2, 0.25) is 11.8 Å². The number of hydrogen-bond donors (Lipinski definition) is 1. The molecule has 0 unspecified atom stereocenters. The van der Waals surface area contributed by atoms with Crippen LogP contribution in [0.4, 0.5) is 0 Å². The Bertz CT molecular complexity index is 523. The lowest BCUT2D eigenvalue weighted by molar-refractivity contribution is -0.130. The van der Waals surface area contributed by atoms with Crippen molar-refractivity contribution in [3.05, 3.63) is 35.9 Å². The third kappa shape index (κ3) is 3.49. The molecule has 1 N–H and O–H groups in total. The summed E-state index contributed by atoms with van der Waals surface area (Å²) in [5, 5.41) is 3.19. The first kappa shape index (κ1) is 15.1. The van der Waals surface area contributed by atoms with E-state index in [1.807, 2.05) is 35.2 Å². The summed E-state index contributed by atoms with van der Waals surface area (Å²) in [5.41, 5.74) is 1.08. The smallest absolute Gasteiger partial charge is 0.223 e. The van der Waals surface area contributed by atoms with Crippen LogP contribution in [0.1, 0.15) is 50.1 Å². The maximum Gasteiger partial charge on any atom is 0.223 e. The monoisotopic (exact) mass is 300 g/mol. The summed E-state index contributed by atoms with van der Waals surface area (Å²) in [6.07, 6.45) is 5.86. The number of carbonyl (C=O) groups is 2. The molecule has 1 saturated carbocycles. The zero-order chi connectivity index (χ0) is 15.4. The van der Waals surface area contributed by atoms with Crippen LogP contribution in [0.3, 0.4) is 0 Å². The number of benzene rings is 1. The van der Waals surface area contributed by atoms with Crippen LogP contribution in [0.25, 0.3) is 0 Å². The van der Waals surface area contributed by atoms with Gasteiger partial charge in [-0.25, -0.2) is 0 Å². The zero-order valence-corrected chi connectivity index (χ0v) is 13.0. The Hall–Kier alpha value is -1.84. The quantitative estimate of drug-likeness (QED) is 0.909. The molecule has 1 aromatic carbocycles. The van der Waals surface area contributed by atoms with E-state index in [0.717, 1.165) is 44.2 Å². The Balaban J connectivity index is 1.70. The van der Waals surface area contributed by atoms with Crippen molar-refractivity contribution < 1.29 is 9.59 Å². The highest BCUT2D eigenvalue weighted by Crippen LogP contribution is 2.26. The molecule has 2 aliphatic rings. The number of carbonyl (C=O) groups excluding carboxylic acids is 2. The summed E-state index contributed by atoms with van der Waals surface area (Å²) < 4.78 is 0. The van der Waals surface area contributed by atoms with Crippen molar-refractivity contribution in [1.29, 1.82) is 0 Å². The lowest BCUT2D eigenvalue weighted by atomic mass is 10.0. The van der Waals surface area contributed by atoms with E-state index in [0.29, 0.717) is 13.0 Å². The molecule has 1 atom stereocenters. The zero-order valence-electron chi connectivity index (χ0n) is 13.0. The lowest BCUT2D eigenvalue weighted by Gasteiger charge is -2.26. The Morgan fingerprint density at radius 1 is 1.18 bits per heavy atom. The Labute approximate surface area is 131 Å². The minimum Gasteiger partial charge on any atom is -0.347 e. The molecule has 4 heteroatoms. The van der Waals surface area contributed by atoms with E-state index in [9.17, 15) is 9.59 Å². The van der Waals surface area contributed by atoms with E-state index in [1.165, 1.54) is 0 Å². The van der Waals surface area contributed by atoms with E-state index in [1.54, 1.807) is 0 Å². The van der Waals surface area contributed by atoms with Crippen LogP contribution in [-0.4, -0.2) is 29.8 Å². The molecule has 0 radical (unpaired) electrons. The fourth-order valence-electron chi connectivity index (χ4n) is 3.51. The highest BCUT2D eigenvalue weighted by molar-refractivity contribution is 5.80. The molecule has 2 amide bonds. The molecule has 3 rings (SSSR count). The highest BCUT2D eigenvalue weighted by atomic mass is 16.2. The summed E-state index contributed by atoms with van der Waals surface area (Å²) in [7, 11) is 0. The molecular weight excluding hydrogens is 276 g/mol. The minimum absolute atomic E-state index is 0.101. The third-order valence-electron chi connectivity index (χ3n) is 4.82. The number of likely N-dealkylation sites (tertiary alicyclic amines) is 1. The van der Waals surface area contributed by atoms with Gasteiger partial charge in [0.05, 0.1) is 6.04 Å². The molecule has 1 aromatic rings. The van der Waals surface area contributed by atoms with E-state index >= 15 is 0 Å². The second-order valence-corrected chi connectivity index (χ2v) is 6.40. The van der Waals surface area contributed by atoms with Gasteiger partial charge in [-0.05, 0) is 24.8 Å². The number of rotatable bonds is 5. The van der Waals surface area contributed by atoms with Gasteiger partial charge in [0, 0.05) is 25.4 Å². The van der Waals surface area contributed by atoms with Crippen LogP contribution in [0, 0.1) is 5.92 Å². The summed E-state index contributed by atoms with van der Waals surface area (Å²) in [4.78, 5) is 26.2. The first-order valence-electron chi connectivity index (χ1n) is 8.37. The summed E-state index contributed by atoms with van der Waals surface area (Å²) in [5.74, 6) is 0.509. The normalized spacial score (nSPS) is 20.4. The average molecular weight is 300 g/mol. The summed E-state index contributed by atoms with van der Waals surface area (Å²) in [6, 6.07) is 9.89. The predicted octanol–water partition coefficient (Wildman–Crippen LogP) is 2.66. The van der Waals surface area contributed by atoms with Gasteiger partial charge < -0.3 is 10.2 Å². The standard InChI is InChI=1S/C18H24N2O2/c21-17-11-6-12-20(17)13-16(14-7-2-1-3-8-14)19-18(22)15-9-4-5-10-15/h1-3,7-8,15-16H,4-6,9-13H2,(H,19,22)/t16-/m0/s1. The second-order valence-electron chi connectivity index (χ2n) is 6.40. The molecule has 0 spiro atoms. The first-order valence-corrected chi connectivity index (χ1v) is 8.37. The fraction of sp³-hybridized carbons (Fsp3) is 0.556. The second kappa shape index (κ2) is 6.95. The molecule has 0 bridgehead atoms. The van der Waals surface area contributed by atoms with Crippen LogP contribution in [0.15, 0.2) is 30.3 Å². The van der Waals surface area contributed by atoms with Crippen LogP contribution in [0.5, 0.6) is 0 Å². The van der Waals surface area contributed by atoms with Gasteiger partial charge in [0.25, 0.3) is 0 Å². The Kier molecular flexibility index (Phi) is 4.76. The van der Waals surface area contributed by atoms with Crippen molar-refractivity contribution in [3.8, 4) is 0 Å². The van der Waals surface area contributed by atoms with Crippen LogP contribution in [-0.2, 0) is 9.59 Å². The van der Waals surface area contributed by atoms with Crippen LogP contribution >= 0.6 is 0 Å². The van der Waals surface area contributed by atoms with Crippen molar-refractivity contribution in [2.45, 2.75) is 44.6 Å². The van der Waals surface area contributed by atoms with E-state index in [4.69, 9.17) is 0 Å². The van der Waals surface area contributed by atoms with Gasteiger partial charge in [-0.15, -0.1) is 0 Å². The van der Waals surface area contributed by atoms with Crippen molar-refractivity contribution in [1.82, 2.24) is 10.2 Å². The molecule has 22 heavy (non-hydrogen) atoms. The molecule has 0 aromatic heterocycles. The lowest BCUT2D eigenvalue weighted by Crippen LogP contribution is -2.40. The number of amides is 2. The van der Waals surface area contributed by atoms with Crippen molar-refractivity contribution >= 4 is 11.8 Å². The maximum atomic E-state index is 12.5. The molecule has 4 nitrogen and oxygen atoms in total. The number of nitrogens with one attached hydrogen (secondary N) is 1. The Morgan fingerprint density at radius 3 is 2.55 bits per heavy atom. The van der Waals surface area contributed by atoms with Crippen LogP contribution in [0.2, 0.25) is 0 Å². The van der Waals surface area contributed by atoms with E-state index in [2.05, 4.69) is 5.32 Å². The number of hydrogen-bond acceptors (Lipinski definition) is 2. The molecular formula is C18H24N2O2. The van der Waals surface area contributed by atoms with Crippen molar-refractivity contribution in [2.24, 2.45) is 5.92 Å². The topological polar surface area (TPSA) is 49.4 Å². The van der Waals surface area contributed by atoms with Gasteiger partial charge in [0.1, 0.15) is 0 Å². The SMILES string of the molecule is O=C(N[C@@H](CN1CCCC1=O)c1ccccc1)C1CCCC1. The summed E-state index contributed by atoms with van der Waals surface area (Å²) >= 11 is 0. The van der Waals surface area contributed by atoms with Gasteiger partial charge in [-0.1, -0.05) is 43.2 Å². The Morgan fingerprint density at radius 2 is 1.91 bits per heavy atom. The molecule has 1 heterocycles. The minimum atomic E-state index is -0.101. The van der Waals surface area contributed by atoms with Gasteiger partial charge in [-0.2, -0.15) is 0 Å². The predicted molar refractivity (Wildman–Crippen MR) is 85.1 cm³/mol. The summed E-state index contributed by atoms with van der Waals surface area (Å²) in [6.45, 7) is 1.39. The first-order chi connectivity index (χ1) is 10.7. The highest BCUT2D eigenvalue weighted by Gasteiger charge is 2.28. The van der Waals surface area contributed by atoms with Crippen molar-refractivity contribution in [3.63, 3.8) is 0 Å². The van der Waals surface area contributed by atoms with Gasteiger partial charge in [0.15, 0.2) is 0 Å². The molecule has 1 aliphatic heterocycles. The number of nitrogens with zero attached hydrogens (tertiary/aromatic N) is 1. The molecule has 2 fully saturated rings. The van der Waals surface area contributed by atoms with Crippen molar-refractivity contribution in [2.75, 3.05) is 13.1 Å². The largest absolute Gasteiger partial charge is 0.347 e. The van der Waals surface area contributed by atoms with E-state index in [-0.39, 0.29) is 23.8 Å². The molecule has 1 aliphatic carbocycles. The van der Waals surface area contributed by atoms with Gasteiger partial charge >= 0.3 is 0 Å². The van der Waals surface area contributed by atoms with Gasteiger partial charge in [-0.3, -0.25) is 9.59 Å². The van der Waals surface area contributed by atoms with E-state index < -0.39 is 0 Å². The van der Waals surface area contributed by atoms with Crippen LogP contribution < -0.4 is 5.32 Å². The fourth-order valence-corrected chi connectivity index (χ4v) is 3.51. The molecule has 118 valence electrons. The maximum absolute atomic E-state index is 12.5. The average Bonchev–Trinajstić information content (AvgIpc) is 3.20. The third-order valence-corrected chi connectivity index (χ3v) is 4.82. The molecule has 1 saturated heterocycles.